The molecule has 0 spiro atoms. The first-order valence-electron chi connectivity index (χ1n) is 6.01. The molecule has 0 saturated heterocycles. The second kappa shape index (κ2) is 5.19. The molecule has 0 aromatic carbocycles. The topological polar surface area (TPSA) is 49.2 Å². The fraction of sp³-hybridized carbons (Fsp3) is 0.667. The molecule has 1 fully saturated rings. The average molecular weight is 256 g/mol. The van der Waals surface area contributed by atoms with E-state index in [0.29, 0.717) is 23.6 Å². The maximum atomic E-state index is 9.18. The number of halogens is 1. The normalized spacial score (nSPS) is 15.8. The molecule has 94 valence electrons. The number of aliphatic hydroxyl groups excluding tert-OH is 1. The fourth-order valence-electron chi connectivity index (χ4n) is 2.13. The number of hydrogen-bond acceptors (Lipinski definition) is 4. The van der Waals surface area contributed by atoms with Crippen LogP contribution in [-0.2, 0) is 0 Å². The lowest BCUT2D eigenvalue weighted by molar-refractivity contribution is 0.282. The van der Waals surface area contributed by atoms with Crippen LogP contribution in [0.5, 0.6) is 0 Å². The Morgan fingerprint density at radius 2 is 2.06 bits per heavy atom. The average Bonchev–Trinajstić information content (AvgIpc) is 2.20. The first-order valence-corrected chi connectivity index (χ1v) is 6.39. The summed E-state index contributed by atoms with van der Waals surface area (Å²) in [6, 6.07) is 0.492. The van der Waals surface area contributed by atoms with Crippen LogP contribution in [0.15, 0.2) is 0 Å². The van der Waals surface area contributed by atoms with E-state index in [4.69, 9.17) is 11.6 Å². The lowest BCUT2D eigenvalue weighted by Gasteiger charge is -2.38. The molecular weight excluding hydrogens is 238 g/mol. The summed E-state index contributed by atoms with van der Waals surface area (Å²) in [5, 5.41) is 9.69. The van der Waals surface area contributed by atoms with Gasteiger partial charge in [0.1, 0.15) is 16.8 Å². The largest absolute Gasteiger partial charge is 0.395 e. The van der Waals surface area contributed by atoms with Gasteiger partial charge in [-0.15, -0.1) is 0 Å². The van der Waals surface area contributed by atoms with E-state index in [9.17, 15) is 5.11 Å². The fourth-order valence-corrected chi connectivity index (χ4v) is 2.33. The minimum Gasteiger partial charge on any atom is -0.395 e. The SMILES string of the molecule is Cc1nc(Cl)c(C)c(N(CCO)C2CCC2)n1. The van der Waals surface area contributed by atoms with E-state index in [2.05, 4.69) is 14.9 Å². The van der Waals surface area contributed by atoms with Gasteiger partial charge in [0.25, 0.3) is 0 Å². The molecule has 1 aromatic heterocycles. The van der Waals surface area contributed by atoms with Crippen LogP contribution >= 0.6 is 11.6 Å². The third-order valence-electron chi connectivity index (χ3n) is 3.30. The minimum atomic E-state index is 0.136. The Morgan fingerprint density at radius 1 is 1.35 bits per heavy atom. The van der Waals surface area contributed by atoms with Crippen LogP contribution in [0.4, 0.5) is 5.82 Å². The van der Waals surface area contributed by atoms with Gasteiger partial charge in [0.05, 0.1) is 6.61 Å². The van der Waals surface area contributed by atoms with Gasteiger partial charge in [-0.3, -0.25) is 0 Å². The summed E-state index contributed by atoms with van der Waals surface area (Å²) in [5.41, 5.74) is 0.901. The second-order valence-corrected chi connectivity index (χ2v) is 4.87. The Labute approximate surface area is 107 Å². The molecular formula is C12H18ClN3O. The zero-order chi connectivity index (χ0) is 12.4. The van der Waals surface area contributed by atoms with Gasteiger partial charge in [0.2, 0.25) is 0 Å². The molecule has 1 heterocycles. The van der Waals surface area contributed by atoms with Gasteiger partial charge in [-0.05, 0) is 33.1 Å². The molecule has 5 heteroatoms. The van der Waals surface area contributed by atoms with Gasteiger partial charge in [0.15, 0.2) is 0 Å². The monoisotopic (exact) mass is 255 g/mol. The molecule has 1 aliphatic rings. The molecule has 2 rings (SSSR count). The van der Waals surface area contributed by atoms with Crippen molar-refractivity contribution in [3.05, 3.63) is 16.5 Å². The Balaban J connectivity index is 2.34. The second-order valence-electron chi connectivity index (χ2n) is 4.51. The Bertz CT molecular complexity index is 407. The van der Waals surface area contributed by atoms with Crippen molar-refractivity contribution in [2.75, 3.05) is 18.1 Å². The highest BCUT2D eigenvalue weighted by Crippen LogP contribution is 2.31. The van der Waals surface area contributed by atoms with Gasteiger partial charge in [0, 0.05) is 18.2 Å². The van der Waals surface area contributed by atoms with Gasteiger partial charge in [-0.1, -0.05) is 11.6 Å². The summed E-state index contributed by atoms with van der Waals surface area (Å²) in [7, 11) is 0. The number of nitrogens with zero attached hydrogens (tertiary/aromatic N) is 3. The van der Waals surface area contributed by atoms with Crippen LogP contribution in [0.1, 0.15) is 30.7 Å². The highest BCUT2D eigenvalue weighted by atomic mass is 35.5. The number of aryl methyl sites for hydroxylation is 1. The van der Waals surface area contributed by atoms with E-state index in [1.54, 1.807) is 0 Å². The molecule has 0 atom stereocenters. The summed E-state index contributed by atoms with van der Waals surface area (Å²) >= 11 is 6.09. The van der Waals surface area contributed by atoms with Gasteiger partial charge in [-0.2, -0.15) is 0 Å². The van der Waals surface area contributed by atoms with Crippen molar-refractivity contribution in [2.45, 2.75) is 39.2 Å². The van der Waals surface area contributed by atoms with Crippen LogP contribution in [0.25, 0.3) is 0 Å². The van der Waals surface area contributed by atoms with Crippen LogP contribution in [0.2, 0.25) is 5.15 Å². The summed E-state index contributed by atoms with van der Waals surface area (Å²) in [6.07, 6.45) is 3.59. The quantitative estimate of drug-likeness (QED) is 0.837. The van der Waals surface area contributed by atoms with Crippen molar-refractivity contribution in [3.8, 4) is 0 Å². The van der Waals surface area contributed by atoms with Gasteiger partial charge in [-0.25, -0.2) is 9.97 Å². The Morgan fingerprint density at radius 3 is 2.59 bits per heavy atom. The summed E-state index contributed by atoms with van der Waals surface area (Å²) in [6.45, 7) is 4.52. The van der Waals surface area contributed by atoms with Crippen molar-refractivity contribution in [1.29, 1.82) is 0 Å². The molecule has 0 aliphatic heterocycles. The number of anilines is 1. The van der Waals surface area contributed by atoms with E-state index in [1.165, 1.54) is 19.3 Å². The zero-order valence-electron chi connectivity index (χ0n) is 10.3. The van der Waals surface area contributed by atoms with E-state index in [0.717, 1.165) is 11.4 Å². The zero-order valence-corrected chi connectivity index (χ0v) is 11.0. The Kier molecular flexibility index (Phi) is 3.84. The van der Waals surface area contributed by atoms with Crippen LogP contribution in [-0.4, -0.2) is 34.3 Å². The summed E-state index contributed by atoms with van der Waals surface area (Å²) in [5.74, 6) is 1.55. The number of hydrogen-bond donors (Lipinski definition) is 1. The predicted octanol–water partition coefficient (Wildman–Crippen LogP) is 2.10. The third-order valence-corrected chi connectivity index (χ3v) is 3.67. The standard InChI is InChI=1S/C12H18ClN3O/c1-8-11(13)14-9(2)15-12(8)16(6-7-17)10-4-3-5-10/h10,17H,3-7H2,1-2H3. The van der Waals surface area contributed by atoms with Crippen molar-refractivity contribution < 1.29 is 5.11 Å². The lowest BCUT2D eigenvalue weighted by Crippen LogP contribution is -2.43. The van der Waals surface area contributed by atoms with E-state index in [-0.39, 0.29) is 6.61 Å². The highest BCUT2D eigenvalue weighted by Gasteiger charge is 2.27. The molecule has 4 nitrogen and oxygen atoms in total. The van der Waals surface area contributed by atoms with Crippen LogP contribution in [0.3, 0.4) is 0 Å². The minimum absolute atomic E-state index is 0.136. The lowest BCUT2D eigenvalue weighted by atomic mass is 9.91. The van der Waals surface area contributed by atoms with Gasteiger partial charge >= 0.3 is 0 Å². The predicted molar refractivity (Wildman–Crippen MR) is 68.6 cm³/mol. The molecule has 0 radical (unpaired) electrons. The molecule has 0 amide bonds. The van der Waals surface area contributed by atoms with E-state index in [1.807, 2.05) is 13.8 Å². The van der Waals surface area contributed by atoms with Crippen LogP contribution in [0, 0.1) is 13.8 Å². The highest BCUT2D eigenvalue weighted by molar-refractivity contribution is 6.30. The Hall–Kier alpha value is -0.870. The molecule has 1 saturated carbocycles. The molecule has 0 unspecified atom stereocenters. The van der Waals surface area contributed by atoms with Crippen molar-refractivity contribution in [3.63, 3.8) is 0 Å². The number of rotatable bonds is 4. The number of aliphatic hydroxyl groups is 1. The smallest absolute Gasteiger partial charge is 0.137 e. The van der Waals surface area contributed by atoms with E-state index < -0.39 is 0 Å². The van der Waals surface area contributed by atoms with E-state index >= 15 is 0 Å². The van der Waals surface area contributed by atoms with Crippen LogP contribution < -0.4 is 4.90 Å². The summed E-state index contributed by atoms with van der Waals surface area (Å²) in [4.78, 5) is 10.8. The molecule has 17 heavy (non-hydrogen) atoms. The first-order chi connectivity index (χ1) is 8.13. The first kappa shape index (κ1) is 12.6. The molecule has 1 N–H and O–H groups in total. The third kappa shape index (κ3) is 2.53. The maximum Gasteiger partial charge on any atom is 0.137 e. The molecule has 1 aliphatic carbocycles. The maximum absolute atomic E-state index is 9.18. The molecule has 1 aromatic rings. The summed E-state index contributed by atoms with van der Waals surface area (Å²) < 4.78 is 0. The molecule has 0 bridgehead atoms. The van der Waals surface area contributed by atoms with Gasteiger partial charge < -0.3 is 10.0 Å². The van der Waals surface area contributed by atoms with Crippen molar-refractivity contribution in [1.82, 2.24) is 9.97 Å². The van der Waals surface area contributed by atoms with Crippen molar-refractivity contribution >= 4 is 17.4 Å². The number of aromatic nitrogens is 2. The van der Waals surface area contributed by atoms with Crippen molar-refractivity contribution in [2.24, 2.45) is 0 Å².